The van der Waals surface area contributed by atoms with E-state index in [0.717, 1.165) is 36.4 Å². The molecule has 1 aromatic heterocycles. The Labute approximate surface area is 147 Å². The summed E-state index contributed by atoms with van der Waals surface area (Å²) in [7, 11) is 0. The van der Waals surface area contributed by atoms with Crippen LogP contribution >= 0.6 is 11.6 Å². The molecule has 1 atom stereocenters. The molecular formula is C18H22ClN3O2. The first-order valence-corrected chi connectivity index (χ1v) is 8.60. The molecule has 0 spiro atoms. The summed E-state index contributed by atoms with van der Waals surface area (Å²) < 4.78 is 7.39. The second-order valence-corrected chi connectivity index (χ2v) is 6.56. The molecule has 128 valence electrons. The molecule has 1 aromatic carbocycles. The first kappa shape index (κ1) is 17.0. The van der Waals surface area contributed by atoms with Crippen molar-refractivity contribution < 1.29 is 9.53 Å². The minimum absolute atomic E-state index is 0.0637. The van der Waals surface area contributed by atoms with Crippen LogP contribution in [0.25, 0.3) is 0 Å². The van der Waals surface area contributed by atoms with Crippen molar-refractivity contribution in [2.24, 2.45) is 0 Å². The zero-order chi connectivity index (χ0) is 17.1. The van der Waals surface area contributed by atoms with Crippen LogP contribution in [0.2, 0.25) is 5.02 Å². The molecule has 0 bridgehead atoms. The molecule has 1 aliphatic heterocycles. The van der Waals surface area contributed by atoms with Crippen molar-refractivity contribution in [3.63, 3.8) is 0 Å². The Morgan fingerprint density at radius 1 is 1.38 bits per heavy atom. The maximum atomic E-state index is 12.2. The number of ether oxygens (including phenoxy) is 1. The van der Waals surface area contributed by atoms with Gasteiger partial charge in [0.2, 0.25) is 0 Å². The topological polar surface area (TPSA) is 56.2 Å². The zero-order valence-electron chi connectivity index (χ0n) is 14.0. The Morgan fingerprint density at radius 2 is 2.12 bits per heavy atom. The van der Waals surface area contributed by atoms with Gasteiger partial charge in [-0.25, -0.2) is 0 Å². The first-order valence-electron chi connectivity index (χ1n) is 8.23. The Morgan fingerprint density at radius 3 is 2.71 bits per heavy atom. The van der Waals surface area contributed by atoms with E-state index in [1.165, 1.54) is 0 Å². The van der Waals surface area contributed by atoms with Crippen molar-refractivity contribution in [2.45, 2.75) is 39.3 Å². The summed E-state index contributed by atoms with van der Waals surface area (Å²) in [6.45, 7) is 5.86. The number of nitrogens with zero attached hydrogens (tertiary/aromatic N) is 2. The molecule has 0 unspecified atom stereocenters. The van der Waals surface area contributed by atoms with E-state index < -0.39 is 0 Å². The maximum absolute atomic E-state index is 12.2. The molecule has 2 heterocycles. The highest BCUT2D eigenvalue weighted by Crippen LogP contribution is 2.20. The lowest BCUT2D eigenvalue weighted by atomic mass is 10.1. The molecule has 3 rings (SSSR count). The number of amides is 1. The van der Waals surface area contributed by atoms with Gasteiger partial charge in [0.05, 0.1) is 29.1 Å². The van der Waals surface area contributed by atoms with Gasteiger partial charge in [0.1, 0.15) is 0 Å². The molecular weight excluding hydrogens is 326 g/mol. The van der Waals surface area contributed by atoms with Gasteiger partial charge in [0.25, 0.3) is 5.91 Å². The summed E-state index contributed by atoms with van der Waals surface area (Å²) in [6.07, 6.45) is 2.25. The van der Waals surface area contributed by atoms with Gasteiger partial charge in [-0.3, -0.25) is 9.48 Å². The van der Waals surface area contributed by atoms with E-state index in [1.54, 1.807) is 0 Å². The third kappa shape index (κ3) is 3.79. The third-order valence-corrected chi connectivity index (χ3v) is 4.90. The lowest BCUT2D eigenvalue weighted by molar-refractivity contribution is 0.0858. The van der Waals surface area contributed by atoms with Crippen molar-refractivity contribution in [1.82, 2.24) is 15.1 Å². The van der Waals surface area contributed by atoms with E-state index in [2.05, 4.69) is 10.4 Å². The van der Waals surface area contributed by atoms with Gasteiger partial charge in [-0.05, 0) is 44.4 Å². The van der Waals surface area contributed by atoms with Crippen LogP contribution in [0.1, 0.15) is 40.2 Å². The zero-order valence-corrected chi connectivity index (χ0v) is 14.8. The van der Waals surface area contributed by atoms with Crippen LogP contribution in [0, 0.1) is 13.8 Å². The van der Waals surface area contributed by atoms with Crippen LogP contribution in [-0.4, -0.2) is 34.9 Å². The summed E-state index contributed by atoms with van der Waals surface area (Å²) >= 11 is 6.17. The van der Waals surface area contributed by atoms with E-state index in [9.17, 15) is 4.79 Å². The number of halogens is 1. The minimum atomic E-state index is -0.0637. The predicted molar refractivity (Wildman–Crippen MR) is 93.6 cm³/mol. The molecule has 1 amide bonds. The quantitative estimate of drug-likeness (QED) is 0.904. The number of rotatable bonds is 5. The highest BCUT2D eigenvalue weighted by atomic mass is 35.5. The second-order valence-electron chi connectivity index (χ2n) is 6.18. The fraction of sp³-hybridized carbons (Fsp3) is 0.444. The number of carbonyl (C=O) groups excluding carboxylic acids is 1. The van der Waals surface area contributed by atoms with Crippen molar-refractivity contribution in [3.05, 3.63) is 51.8 Å². The summed E-state index contributed by atoms with van der Waals surface area (Å²) in [5.74, 6) is -0.0637. The lowest BCUT2D eigenvalue weighted by Crippen LogP contribution is -2.31. The van der Waals surface area contributed by atoms with Crippen molar-refractivity contribution in [2.75, 3.05) is 13.2 Å². The Bertz CT molecular complexity index is 719. The van der Waals surface area contributed by atoms with E-state index in [1.807, 2.05) is 42.8 Å². The molecule has 2 aromatic rings. The molecule has 1 aliphatic rings. The average Bonchev–Trinajstić information content (AvgIpc) is 3.19. The van der Waals surface area contributed by atoms with Gasteiger partial charge in [0, 0.05) is 18.7 Å². The Hall–Kier alpha value is -1.85. The molecule has 24 heavy (non-hydrogen) atoms. The van der Waals surface area contributed by atoms with Gasteiger partial charge < -0.3 is 10.1 Å². The minimum Gasteiger partial charge on any atom is -0.376 e. The number of nitrogens with one attached hydrogen (secondary N) is 1. The first-order chi connectivity index (χ1) is 11.5. The monoisotopic (exact) mass is 347 g/mol. The van der Waals surface area contributed by atoms with E-state index in [4.69, 9.17) is 16.3 Å². The molecule has 0 saturated carbocycles. The Balaban J connectivity index is 1.60. The SMILES string of the molecule is Cc1nn(Cc2ccc(C(=O)NC[C@H]3CCCO3)cc2)c(C)c1Cl. The highest BCUT2D eigenvalue weighted by Gasteiger charge is 2.16. The number of hydrogen-bond acceptors (Lipinski definition) is 3. The van der Waals surface area contributed by atoms with E-state index in [-0.39, 0.29) is 12.0 Å². The summed E-state index contributed by atoms with van der Waals surface area (Å²) in [5, 5.41) is 8.07. The normalized spacial score (nSPS) is 17.2. The molecule has 1 saturated heterocycles. The van der Waals surface area contributed by atoms with Crippen molar-refractivity contribution in [3.8, 4) is 0 Å². The van der Waals surface area contributed by atoms with Gasteiger partial charge >= 0.3 is 0 Å². The third-order valence-electron chi connectivity index (χ3n) is 4.36. The molecule has 1 N–H and O–H groups in total. The Kier molecular flexibility index (Phi) is 5.21. The molecule has 6 heteroatoms. The smallest absolute Gasteiger partial charge is 0.251 e. The van der Waals surface area contributed by atoms with Gasteiger partial charge in [-0.1, -0.05) is 23.7 Å². The van der Waals surface area contributed by atoms with Crippen molar-refractivity contribution in [1.29, 1.82) is 0 Å². The van der Waals surface area contributed by atoms with Crippen LogP contribution in [0.3, 0.4) is 0 Å². The van der Waals surface area contributed by atoms with Crippen LogP contribution in [0.4, 0.5) is 0 Å². The standard InChI is InChI=1S/C18H22ClN3O2/c1-12-17(19)13(2)22(21-12)11-14-5-7-15(8-6-14)18(23)20-10-16-4-3-9-24-16/h5-8,16H,3-4,9-11H2,1-2H3,(H,20,23)/t16-/m1/s1. The van der Waals surface area contributed by atoms with Crippen LogP contribution < -0.4 is 5.32 Å². The highest BCUT2D eigenvalue weighted by molar-refractivity contribution is 6.31. The van der Waals surface area contributed by atoms with E-state index in [0.29, 0.717) is 23.7 Å². The molecule has 0 radical (unpaired) electrons. The number of aryl methyl sites for hydroxylation is 1. The van der Waals surface area contributed by atoms with Crippen LogP contribution in [-0.2, 0) is 11.3 Å². The summed E-state index contributed by atoms with van der Waals surface area (Å²) in [6, 6.07) is 7.58. The molecule has 0 aliphatic carbocycles. The molecule has 5 nitrogen and oxygen atoms in total. The molecule has 1 fully saturated rings. The van der Waals surface area contributed by atoms with E-state index >= 15 is 0 Å². The summed E-state index contributed by atoms with van der Waals surface area (Å²) in [4.78, 5) is 12.2. The maximum Gasteiger partial charge on any atom is 0.251 e. The number of hydrogen-bond donors (Lipinski definition) is 1. The number of benzene rings is 1. The van der Waals surface area contributed by atoms with Crippen LogP contribution in [0.5, 0.6) is 0 Å². The second kappa shape index (κ2) is 7.36. The van der Waals surface area contributed by atoms with Gasteiger partial charge in [-0.2, -0.15) is 5.10 Å². The van der Waals surface area contributed by atoms with Crippen LogP contribution in [0.15, 0.2) is 24.3 Å². The predicted octanol–water partition coefficient (Wildman–Crippen LogP) is 3.11. The average molecular weight is 348 g/mol. The lowest BCUT2D eigenvalue weighted by Gasteiger charge is -2.11. The van der Waals surface area contributed by atoms with Crippen molar-refractivity contribution >= 4 is 17.5 Å². The largest absolute Gasteiger partial charge is 0.376 e. The fourth-order valence-corrected chi connectivity index (χ4v) is 3.01. The number of carbonyl (C=O) groups is 1. The number of aromatic nitrogens is 2. The van der Waals surface area contributed by atoms with Gasteiger partial charge in [-0.15, -0.1) is 0 Å². The summed E-state index contributed by atoms with van der Waals surface area (Å²) in [5.41, 5.74) is 3.52. The fourth-order valence-electron chi connectivity index (χ4n) is 2.88. The van der Waals surface area contributed by atoms with Gasteiger partial charge in [0.15, 0.2) is 0 Å².